The fraction of sp³-hybridized carbons (Fsp3) is 0.917. The predicted octanol–water partition coefficient (Wildman–Crippen LogP) is 0.932. The summed E-state index contributed by atoms with van der Waals surface area (Å²) < 4.78 is 5.02. The highest BCUT2D eigenvalue weighted by atomic mass is 16.5. The number of aldehydes is 1. The topological polar surface area (TPSA) is 49.8 Å². The van der Waals surface area contributed by atoms with Gasteiger partial charge in [-0.3, -0.25) is 4.90 Å². The van der Waals surface area contributed by atoms with E-state index in [0.29, 0.717) is 19.7 Å². The van der Waals surface area contributed by atoms with E-state index < -0.39 is 0 Å². The Balaban J connectivity index is 4.37. The normalized spacial score (nSPS) is 12.1. The quantitative estimate of drug-likeness (QED) is 0.568. The molecular formula is C12H25NO3. The molecule has 96 valence electrons. The Labute approximate surface area is 98.6 Å². The summed E-state index contributed by atoms with van der Waals surface area (Å²) in [6.45, 7) is 6.87. The number of rotatable bonds is 10. The molecule has 0 amide bonds. The maximum atomic E-state index is 11.2. The van der Waals surface area contributed by atoms with Crippen molar-refractivity contribution in [2.75, 3.05) is 40.0 Å². The molecule has 0 aromatic heterocycles. The fourth-order valence-corrected chi connectivity index (χ4v) is 1.75. The predicted molar refractivity (Wildman–Crippen MR) is 64.5 cm³/mol. The van der Waals surface area contributed by atoms with Gasteiger partial charge < -0.3 is 14.6 Å². The van der Waals surface area contributed by atoms with E-state index in [9.17, 15) is 4.79 Å². The molecule has 0 atom stereocenters. The number of hydrogen-bond acceptors (Lipinski definition) is 4. The molecule has 0 heterocycles. The molecule has 4 nitrogen and oxygen atoms in total. The largest absolute Gasteiger partial charge is 0.395 e. The fourth-order valence-electron chi connectivity index (χ4n) is 1.75. The Kier molecular flexibility index (Phi) is 8.43. The zero-order valence-corrected chi connectivity index (χ0v) is 10.7. The minimum atomic E-state index is -0.275. The van der Waals surface area contributed by atoms with Crippen LogP contribution in [-0.2, 0) is 9.53 Å². The first-order chi connectivity index (χ1) is 7.67. The van der Waals surface area contributed by atoms with E-state index in [1.807, 2.05) is 13.8 Å². The number of hydrogen-bond donors (Lipinski definition) is 1. The first kappa shape index (κ1) is 15.6. The zero-order valence-electron chi connectivity index (χ0n) is 10.7. The van der Waals surface area contributed by atoms with Crippen molar-refractivity contribution in [2.24, 2.45) is 5.41 Å². The van der Waals surface area contributed by atoms with Crippen molar-refractivity contribution < 1.29 is 14.6 Å². The molecule has 0 radical (unpaired) electrons. The number of aliphatic hydroxyl groups is 1. The van der Waals surface area contributed by atoms with Gasteiger partial charge in [0, 0.05) is 32.2 Å². The molecule has 0 aromatic carbocycles. The molecule has 0 fully saturated rings. The molecule has 0 aliphatic carbocycles. The van der Waals surface area contributed by atoms with Crippen LogP contribution in [0.1, 0.15) is 26.7 Å². The van der Waals surface area contributed by atoms with E-state index in [1.54, 1.807) is 7.11 Å². The minimum absolute atomic E-state index is 0.117. The minimum Gasteiger partial charge on any atom is -0.395 e. The number of carbonyl (C=O) groups is 1. The smallest absolute Gasteiger partial charge is 0.127 e. The molecule has 0 aromatic rings. The van der Waals surface area contributed by atoms with Crippen molar-refractivity contribution in [1.82, 2.24) is 4.90 Å². The maximum Gasteiger partial charge on any atom is 0.127 e. The molecule has 0 bridgehead atoms. The number of ether oxygens (including phenoxy) is 1. The van der Waals surface area contributed by atoms with E-state index in [0.717, 1.165) is 25.7 Å². The van der Waals surface area contributed by atoms with Crippen LogP contribution >= 0.6 is 0 Å². The van der Waals surface area contributed by atoms with Crippen LogP contribution in [-0.4, -0.2) is 56.3 Å². The van der Waals surface area contributed by atoms with E-state index in [1.165, 1.54) is 0 Å². The Hall–Kier alpha value is -0.450. The second kappa shape index (κ2) is 8.67. The molecule has 0 unspecified atom stereocenters. The van der Waals surface area contributed by atoms with Gasteiger partial charge in [-0.05, 0) is 12.8 Å². The van der Waals surface area contributed by atoms with Gasteiger partial charge in [-0.1, -0.05) is 13.8 Å². The van der Waals surface area contributed by atoms with Gasteiger partial charge >= 0.3 is 0 Å². The molecular weight excluding hydrogens is 206 g/mol. The average molecular weight is 231 g/mol. The first-order valence-corrected chi connectivity index (χ1v) is 5.96. The van der Waals surface area contributed by atoms with Gasteiger partial charge in [0.1, 0.15) is 6.29 Å². The van der Waals surface area contributed by atoms with Gasteiger partial charge in [0.15, 0.2) is 0 Å². The summed E-state index contributed by atoms with van der Waals surface area (Å²) in [5.74, 6) is 0. The van der Waals surface area contributed by atoms with Gasteiger partial charge in [0.05, 0.1) is 13.2 Å². The molecule has 0 spiro atoms. The van der Waals surface area contributed by atoms with Gasteiger partial charge in [0.2, 0.25) is 0 Å². The Morgan fingerprint density at radius 1 is 1.31 bits per heavy atom. The molecule has 4 heteroatoms. The van der Waals surface area contributed by atoms with Crippen LogP contribution < -0.4 is 0 Å². The molecule has 16 heavy (non-hydrogen) atoms. The van der Waals surface area contributed by atoms with Gasteiger partial charge in [0.25, 0.3) is 0 Å². The molecule has 0 aliphatic heterocycles. The highest BCUT2D eigenvalue weighted by molar-refractivity contribution is 5.59. The van der Waals surface area contributed by atoms with Crippen molar-refractivity contribution in [3.05, 3.63) is 0 Å². The molecule has 1 N–H and O–H groups in total. The van der Waals surface area contributed by atoms with Crippen LogP contribution in [0.4, 0.5) is 0 Å². The standard InChI is InChI=1S/C12H25NO3/c1-4-12(5-2,11-15)10-13(6-8-14)7-9-16-3/h11,14H,4-10H2,1-3H3. The van der Waals surface area contributed by atoms with Crippen molar-refractivity contribution in [3.8, 4) is 0 Å². The lowest BCUT2D eigenvalue weighted by atomic mass is 9.83. The lowest BCUT2D eigenvalue weighted by Crippen LogP contribution is -2.41. The molecule has 0 aliphatic rings. The SMILES string of the molecule is CCC(C=O)(CC)CN(CCO)CCOC. The third-order valence-corrected chi connectivity index (χ3v) is 3.22. The third-order valence-electron chi connectivity index (χ3n) is 3.22. The lowest BCUT2D eigenvalue weighted by molar-refractivity contribution is -0.118. The third kappa shape index (κ3) is 5.05. The summed E-state index contributed by atoms with van der Waals surface area (Å²) in [6, 6.07) is 0. The van der Waals surface area contributed by atoms with Gasteiger partial charge in [-0.15, -0.1) is 0 Å². The van der Waals surface area contributed by atoms with E-state index in [4.69, 9.17) is 9.84 Å². The summed E-state index contributed by atoms with van der Waals surface area (Å²) in [7, 11) is 1.66. The summed E-state index contributed by atoms with van der Waals surface area (Å²) >= 11 is 0. The maximum absolute atomic E-state index is 11.2. The monoisotopic (exact) mass is 231 g/mol. The highest BCUT2D eigenvalue weighted by Crippen LogP contribution is 2.24. The Morgan fingerprint density at radius 2 is 1.94 bits per heavy atom. The summed E-state index contributed by atoms with van der Waals surface area (Å²) in [4.78, 5) is 13.3. The Morgan fingerprint density at radius 3 is 2.31 bits per heavy atom. The highest BCUT2D eigenvalue weighted by Gasteiger charge is 2.27. The Bertz CT molecular complexity index is 181. The van der Waals surface area contributed by atoms with Crippen LogP contribution in [0.5, 0.6) is 0 Å². The first-order valence-electron chi connectivity index (χ1n) is 5.96. The summed E-state index contributed by atoms with van der Waals surface area (Å²) in [5.41, 5.74) is -0.275. The van der Waals surface area contributed by atoms with Crippen LogP contribution in [0.15, 0.2) is 0 Å². The van der Waals surface area contributed by atoms with Crippen LogP contribution in [0.25, 0.3) is 0 Å². The number of nitrogens with zero attached hydrogens (tertiary/aromatic N) is 1. The van der Waals surface area contributed by atoms with Crippen LogP contribution in [0.3, 0.4) is 0 Å². The zero-order chi connectivity index (χ0) is 12.4. The van der Waals surface area contributed by atoms with Crippen molar-refractivity contribution >= 4 is 6.29 Å². The van der Waals surface area contributed by atoms with Crippen LogP contribution in [0.2, 0.25) is 0 Å². The van der Waals surface area contributed by atoms with Crippen molar-refractivity contribution in [1.29, 1.82) is 0 Å². The number of carbonyl (C=O) groups excluding carboxylic acids is 1. The number of aliphatic hydroxyl groups excluding tert-OH is 1. The summed E-state index contributed by atoms with van der Waals surface area (Å²) in [5, 5.41) is 8.98. The van der Waals surface area contributed by atoms with Gasteiger partial charge in [-0.2, -0.15) is 0 Å². The lowest BCUT2D eigenvalue weighted by Gasteiger charge is -2.32. The number of methoxy groups -OCH3 is 1. The van der Waals surface area contributed by atoms with Crippen molar-refractivity contribution in [2.45, 2.75) is 26.7 Å². The van der Waals surface area contributed by atoms with Crippen molar-refractivity contribution in [3.63, 3.8) is 0 Å². The second-order valence-corrected chi connectivity index (χ2v) is 4.18. The molecule has 0 saturated carbocycles. The second-order valence-electron chi connectivity index (χ2n) is 4.18. The average Bonchev–Trinajstić information content (AvgIpc) is 2.33. The molecule has 0 rings (SSSR count). The van der Waals surface area contributed by atoms with E-state index in [-0.39, 0.29) is 12.0 Å². The van der Waals surface area contributed by atoms with E-state index >= 15 is 0 Å². The van der Waals surface area contributed by atoms with Gasteiger partial charge in [-0.25, -0.2) is 0 Å². The molecule has 0 saturated heterocycles. The summed E-state index contributed by atoms with van der Waals surface area (Å²) in [6.07, 6.45) is 2.73. The van der Waals surface area contributed by atoms with Crippen LogP contribution in [0, 0.1) is 5.41 Å². The van der Waals surface area contributed by atoms with E-state index in [2.05, 4.69) is 4.90 Å².